The quantitative estimate of drug-likeness (QED) is 0.209. The Labute approximate surface area is 212 Å². The van der Waals surface area contributed by atoms with Crippen LogP contribution in [0.1, 0.15) is 29.7 Å². The number of benzene rings is 3. The van der Waals surface area contributed by atoms with Gasteiger partial charge in [0, 0.05) is 5.56 Å². The summed E-state index contributed by atoms with van der Waals surface area (Å²) >= 11 is 1.33. The number of ketones is 1. The summed E-state index contributed by atoms with van der Waals surface area (Å²) < 4.78 is 11.8. The molecule has 4 aromatic rings. The van der Waals surface area contributed by atoms with E-state index in [2.05, 4.69) is 4.98 Å². The van der Waals surface area contributed by atoms with E-state index in [-0.39, 0.29) is 11.3 Å². The molecule has 1 aliphatic rings. The van der Waals surface area contributed by atoms with Crippen molar-refractivity contribution in [3.8, 4) is 11.5 Å². The number of nitrogens with zero attached hydrogens (tertiary/aromatic N) is 2. The zero-order chi connectivity index (χ0) is 25.4. The first kappa shape index (κ1) is 23.6. The lowest BCUT2D eigenvalue weighted by Crippen LogP contribution is -2.29. The number of hydrogen-bond donors (Lipinski definition) is 1. The van der Waals surface area contributed by atoms with Crippen LogP contribution in [0, 0.1) is 6.92 Å². The number of carbonyl (C=O) groups is 2. The summed E-state index contributed by atoms with van der Waals surface area (Å²) in [4.78, 5) is 32.9. The van der Waals surface area contributed by atoms with Gasteiger partial charge in [0.15, 0.2) is 5.13 Å². The topological polar surface area (TPSA) is 89.0 Å². The molecule has 0 unspecified atom stereocenters. The van der Waals surface area contributed by atoms with Crippen molar-refractivity contribution >= 4 is 44.1 Å². The molecule has 8 heteroatoms. The summed E-state index contributed by atoms with van der Waals surface area (Å²) in [5.74, 6) is -0.599. The fraction of sp³-hybridized carbons (Fsp3) is 0.179. The van der Waals surface area contributed by atoms with Crippen LogP contribution in [0.4, 0.5) is 5.13 Å². The molecule has 1 N–H and O–H groups in total. The number of aryl methyl sites for hydroxylation is 1. The van der Waals surface area contributed by atoms with Gasteiger partial charge in [0.2, 0.25) is 0 Å². The van der Waals surface area contributed by atoms with Crippen molar-refractivity contribution in [2.24, 2.45) is 0 Å². The Morgan fingerprint density at radius 2 is 1.83 bits per heavy atom. The number of ether oxygens (including phenoxy) is 2. The number of Topliss-reactive ketones (excluding diaryl/α,β-unsaturated/α-hetero) is 1. The molecule has 0 saturated carbocycles. The van der Waals surface area contributed by atoms with E-state index in [9.17, 15) is 14.7 Å². The Hall–Kier alpha value is -4.17. The lowest BCUT2D eigenvalue weighted by atomic mass is 9.95. The normalized spacial score (nSPS) is 17.1. The maximum absolute atomic E-state index is 13.4. The number of methoxy groups -OCH3 is 1. The van der Waals surface area contributed by atoms with Crippen LogP contribution in [0.25, 0.3) is 16.0 Å². The second kappa shape index (κ2) is 9.47. The van der Waals surface area contributed by atoms with E-state index in [4.69, 9.17) is 9.47 Å². The Morgan fingerprint density at radius 3 is 2.56 bits per heavy atom. The second-order valence-corrected chi connectivity index (χ2v) is 9.38. The molecule has 2 heterocycles. The number of aliphatic hydroxyl groups excluding tert-OH is 1. The van der Waals surface area contributed by atoms with Crippen LogP contribution in [0.3, 0.4) is 0 Å². The van der Waals surface area contributed by atoms with Crippen LogP contribution in [0.15, 0.2) is 72.3 Å². The number of hydrogen-bond acceptors (Lipinski definition) is 7. The molecule has 5 rings (SSSR count). The zero-order valence-corrected chi connectivity index (χ0v) is 20.8. The fourth-order valence-electron chi connectivity index (χ4n) is 4.31. The van der Waals surface area contributed by atoms with Gasteiger partial charge in [0.05, 0.1) is 35.5 Å². The Bertz CT molecular complexity index is 1510. The molecule has 0 aliphatic carbocycles. The van der Waals surface area contributed by atoms with Gasteiger partial charge in [-0.3, -0.25) is 14.5 Å². The molecular formula is C28H24N2O5S. The zero-order valence-electron chi connectivity index (χ0n) is 20.0. The van der Waals surface area contributed by atoms with Crippen LogP contribution in [-0.2, 0) is 9.59 Å². The van der Waals surface area contributed by atoms with Gasteiger partial charge < -0.3 is 14.6 Å². The van der Waals surface area contributed by atoms with Gasteiger partial charge in [-0.2, -0.15) is 0 Å². The first-order valence-corrected chi connectivity index (χ1v) is 12.3. The van der Waals surface area contributed by atoms with E-state index in [1.807, 2.05) is 32.0 Å². The van der Waals surface area contributed by atoms with Crippen LogP contribution in [0.2, 0.25) is 0 Å². The van der Waals surface area contributed by atoms with Crippen molar-refractivity contribution in [2.45, 2.75) is 19.9 Å². The highest BCUT2D eigenvalue weighted by atomic mass is 32.1. The van der Waals surface area contributed by atoms with Crippen LogP contribution >= 0.6 is 11.3 Å². The molecule has 7 nitrogen and oxygen atoms in total. The smallest absolute Gasteiger partial charge is 0.301 e. The number of fused-ring (bicyclic) bond motifs is 1. The summed E-state index contributed by atoms with van der Waals surface area (Å²) in [6.45, 7) is 4.39. The number of aliphatic hydroxyl groups is 1. The largest absolute Gasteiger partial charge is 0.507 e. The van der Waals surface area contributed by atoms with Crippen molar-refractivity contribution in [1.29, 1.82) is 0 Å². The van der Waals surface area contributed by atoms with Crippen molar-refractivity contribution in [3.63, 3.8) is 0 Å². The van der Waals surface area contributed by atoms with Crippen molar-refractivity contribution in [3.05, 3.63) is 89.0 Å². The van der Waals surface area contributed by atoms with Gasteiger partial charge in [-0.1, -0.05) is 41.7 Å². The summed E-state index contributed by atoms with van der Waals surface area (Å²) in [5, 5.41) is 11.7. The molecule has 1 aliphatic heterocycles. The summed E-state index contributed by atoms with van der Waals surface area (Å²) in [6, 6.07) is 18.9. The molecule has 182 valence electrons. The minimum atomic E-state index is -0.867. The van der Waals surface area contributed by atoms with Gasteiger partial charge in [-0.05, 0) is 61.4 Å². The van der Waals surface area contributed by atoms with E-state index < -0.39 is 17.7 Å². The van der Waals surface area contributed by atoms with E-state index in [0.29, 0.717) is 34.4 Å². The third kappa shape index (κ3) is 4.09. The number of amides is 1. The predicted molar refractivity (Wildman–Crippen MR) is 140 cm³/mol. The molecule has 3 aromatic carbocycles. The molecular weight excluding hydrogens is 476 g/mol. The third-order valence-corrected chi connectivity index (χ3v) is 7.05. The van der Waals surface area contributed by atoms with Crippen molar-refractivity contribution in [2.75, 3.05) is 18.6 Å². The minimum Gasteiger partial charge on any atom is -0.507 e. The highest BCUT2D eigenvalue weighted by Crippen LogP contribution is 2.44. The number of rotatable bonds is 6. The minimum absolute atomic E-state index is 0.00662. The van der Waals surface area contributed by atoms with E-state index in [0.717, 1.165) is 15.8 Å². The molecule has 1 saturated heterocycles. The van der Waals surface area contributed by atoms with Crippen molar-refractivity contribution < 1.29 is 24.2 Å². The van der Waals surface area contributed by atoms with Gasteiger partial charge in [0.1, 0.15) is 17.3 Å². The molecule has 1 aromatic heterocycles. The van der Waals surface area contributed by atoms with Crippen LogP contribution < -0.4 is 14.4 Å². The predicted octanol–water partition coefficient (Wildman–Crippen LogP) is 5.64. The monoisotopic (exact) mass is 500 g/mol. The average molecular weight is 501 g/mol. The third-order valence-electron chi connectivity index (χ3n) is 6.03. The van der Waals surface area contributed by atoms with E-state index in [1.54, 1.807) is 48.5 Å². The maximum atomic E-state index is 13.4. The average Bonchev–Trinajstić information content (AvgIpc) is 3.42. The van der Waals surface area contributed by atoms with E-state index >= 15 is 0 Å². The van der Waals surface area contributed by atoms with E-state index in [1.165, 1.54) is 23.3 Å². The Kier molecular flexibility index (Phi) is 6.20. The molecule has 1 fully saturated rings. The first-order chi connectivity index (χ1) is 17.4. The number of anilines is 1. The molecule has 0 bridgehead atoms. The summed E-state index contributed by atoms with van der Waals surface area (Å²) in [7, 11) is 1.52. The SMILES string of the molecule is CCOc1ccc([C@H]2/C(=C(\O)c3cccc(OC)c3)C(=O)C(=O)N2c2nc3ccc(C)cc3s2)cc1. The molecule has 1 amide bonds. The van der Waals surface area contributed by atoms with Crippen molar-refractivity contribution in [1.82, 2.24) is 4.98 Å². The fourth-order valence-corrected chi connectivity index (χ4v) is 5.40. The van der Waals surface area contributed by atoms with Crippen LogP contribution in [0.5, 0.6) is 11.5 Å². The number of thiazole rings is 1. The highest BCUT2D eigenvalue weighted by Gasteiger charge is 2.48. The lowest BCUT2D eigenvalue weighted by Gasteiger charge is -2.23. The highest BCUT2D eigenvalue weighted by molar-refractivity contribution is 7.22. The van der Waals surface area contributed by atoms with Gasteiger partial charge in [-0.25, -0.2) is 4.98 Å². The maximum Gasteiger partial charge on any atom is 0.301 e. The Balaban J connectivity index is 1.70. The number of aromatic nitrogens is 1. The summed E-state index contributed by atoms with van der Waals surface area (Å²) in [5.41, 5.74) is 2.83. The second-order valence-electron chi connectivity index (χ2n) is 8.37. The number of carbonyl (C=O) groups excluding carboxylic acids is 2. The van der Waals surface area contributed by atoms with Gasteiger partial charge >= 0.3 is 5.91 Å². The Morgan fingerprint density at radius 1 is 1.06 bits per heavy atom. The standard InChI is InChI=1S/C28H24N2O5S/c1-4-35-19-11-9-17(10-12-19)24-23(25(31)18-6-5-7-20(15-18)34-3)26(32)27(33)30(24)28-29-21-13-8-16(2)14-22(21)36-28/h5-15,24,31H,4H2,1-3H3/b25-23+/t24-/m0/s1. The van der Waals surface area contributed by atoms with Crippen LogP contribution in [-0.4, -0.2) is 35.5 Å². The lowest BCUT2D eigenvalue weighted by molar-refractivity contribution is -0.132. The van der Waals surface area contributed by atoms with Gasteiger partial charge in [0.25, 0.3) is 5.78 Å². The molecule has 0 radical (unpaired) electrons. The molecule has 0 spiro atoms. The van der Waals surface area contributed by atoms with Gasteiger partial charge in [-0.15, -0.1) is 0 Å². The summed E-state index contributed by atoms with van der Waals surface area (Å²) in [6.07, 6.45) is 0. The first-order valence-electron chi connectivity index (χ1n) is 11.5. The molecule has 1 atom stereocenters. The molecule has 36 heavy (non-hydrogen) atoms.